The van der Waals surface area contributed by atoms with Crippen molar-refractivity contribution in [2.75, 3.05) is 11.5 Å². The molecule has 1 saturated heterocycles. The van der Waals surface area contributed by atoms with E-state index < -0.39 is 17.8 Å². The Labute approximate surface area is 198 Å². The summed E-state index contributed by atoms with van der Waals surface area (Å²) in [5.41, 5.74) is 6.04. The van der Waals surface area contributed by atoms with Gasteiger partial charge in [-0.1, -0.05) is 18.2 Å². The number of urea groups is 1. The van der Waals surface area contributed by atoms with Gasteiger partial charge in [-0.05, 0) is 87.7 Å². The van der Waals surface area contributed by atoms with Crippen LogP contribution in [0, 0.1) is 27.7 Å². The summed E-state index contributed by atoms with van der Waals surface area (Å²) in [6.45, 7) is 10.2. The van der Waals surface area contributed by atoms with Gasteiger partial charge in [0.25, 0.3) is 11.8 Å². The smallest absolute Gasteiger partial charge is 0.336 e. The second kappa shape index (κ2) is 9.02. The third kappa shape index (κ3) is 4.12. The molecule has 3 aromatic rings. The molecule has 7 heteroatoms. The van der Waals surface area contributed by atoms with Crippen LogP contribution in [0.2, 0.25) is 0 Å². The molecule has 4 rings (SSSR count). The molecule has 0 spiro atoms. The molecule has 1 fully saturated rings. The van der Waals surface area contributed by atoms with E-state index in [-0.39, 0.29) is 11.3 Å². The van der Waals surface area contributed by atoms with E-state index in [4.69, 9.17) is 4.74 Å². The number of aryl methyl sites for hydroxylation is 3. The summed E-state index contributed by atoms with van der Waals surface area (Å²) in [4.78, 5) is 39.6. The molecule has 1 aromatic heterocycles. The molecule has 0 atom stereocenters. The summed E-state index contributed by atoms with van der Waals surface area (Å²) in [6.07, 6.45) is 1.54. The Morgan fingerprint density at radius 2 is 1.62 bits per heavy atom. The molecule has 34 heavy (non-hydrogen) atoms. The van der Waals surface area contributed by atoms with E-state index in [1.165, 1.54) is 0 Å². The normalized spacial score (nSPS) is 15.1. The van der Waals surface area contributed by atoms with E-state index in [2.05, 4.69) is 28.1 Å². The van der Waals surface area contributed by atoms with Crippen LogP contribution in [0.15, 0.2) is 54.1 Å². The average molecular weight is 458 g/mol. The maximum atomic E-state index is 13.4. The number of aromatic nitrogens is 1. The van der Waals surface area contributed by atoms with E-state index in [0.717, 1.165) is 38.7 Å². The highest BCUT2D eigenvalue weighted by molar-refractivity contribution is 6.39. The molecule has 0 aliphatic carbocycles. The highest BCUT2D eigenvalue weighted by Gasteiger charge is 2.38. The summed E-state index contributed by atoms with van der Waals surface area (Å²) in [6, 6.07) is 14.2. The predicted octanol–water partition coefficient (Wildman–Crippen LogP) is 4.78. The van der Waals surface area contributed by atoms with Gasteiger partial charge in [-0.3, -0.25) is 14.9 Å². The maximum absolute atomic E-state index is 13.4. The first-order chi connectivity index (χ1) is 16.2. The maximum Gasteiger partial charge on any atom is 0.336 e. The van der Waals surface area contributed by atoms with Gasteiger partial charge in [0.05, 0.1) is 12.3 Å². The van der Waals surface area contributed by atoms with Crippen molar-refractivity contribution in [1.29, 1.82) is 0 Å². The number of barbiturate groups is 1. The Morgan fingerprint density at radius 3 is 2.29 bits per heavy atom. The molecule has 4 amide bonds. The first-order valence-corrected chi connectivity index (χ1v) is 11.1. The number of amides is 4. The summed E-state index contributed by atoms with van der Waals surface area (Å²) in [5, 5.41) is 2.28. The lowest BCUT2D eigenvalue weighted by Gasteiger charge is -2.27. The fraction of sp³-hybridized carbons (Fsp3) is 0.222. The van der Waals surface area contributed by atoms with Crippen molar-refractivity contribution in [3.8, 4) is 11.4 Å². The second-order valence-electron chi connectivity index (χ2n) is 8.37. The van der Waals surface area contributed by atoms with Crippen molar-refractivity contribution in [1.82, 2.24) is 9.88 Å². The number of nitrogens with zero attached hydrogens (tertiary/aromatic N) is 2. The van der Waals surface area contributed by atoms with Crippen LogP contribution in [0.25, 0.3) is 11.8 Å². The zero-order valence-corrected chi connectivity index (χ0v) is 19.9. The third-order valence-corrected chi connectivity index (χ3v) is 5.74. The highest BCUT2D eigenvalue weighted by Crippen LogP contribution is 2.32. The molecule has 0 unspecified atom stereocenters. The van der Waals surface area contributed by atoms with Crippen molar-refractivity contribution in [2.24, 2.45) is 0 Å². The van der Waals surface area contributed by atoms with E-state index in [0.29, 0.717) is 12.4 Å². The first kappa shape index (κ1) is 23.0. The van der Waals surface area contributed by atoms with Crippen molar-refractivity contribution in [2.45, 2.75) is 34.6 Å². The van der Waals surface area contributed by atoms with Crippen LogP contribution >= 0.6 is 0 Å². The Balaban J connectivity index is 1.78. The van der Waals surface area contributed by atoms with E-state index in [9.17, 15) is 14.4 Å². The van der Waals surface area contributed by atoms with E-state index >= 15 is 0 Å². The molecule has 1 aliphatic heterocycles. The summed E-state index contributed by atoms with van der Waals surface area (Å²) < 4.78 is 7.68. The number of carbonyl (C=O) groups is 3. The van der Waals surface area contributed by atoms with Crippen LogP contribution in [0.5, 0.6) is 5.75 Å². The number of hydrogen-bond acceptors (Lipinski definition) is 4. The largest absolute Gasteiger partial charge is 0.492 e. The number of benzene rings is 2. The van der Waals surface area contributed by atoms with Crippen LogP contribution in [-0.2, 0) is 9.59 Å². The molecule has 0 bridgehead atoms. The SMILES string of the molecule is CCOc1ccccc1N1C(=O)NC(=O)/C(=C\c2cc(C)n(-c3cc(C)cc(C)c3)c2C)C1=O. The number of anilines is 1. The van der Waals surface area contributed by atoms with Gasteiger partial charge in [0.2, 0.25) is 0 Å². The van der Waals surface area contributed by atoms with Crippen LogP contribution in [0.1, 0.15) is 35.0 Å². The number of para-hydroxylation sites is 2. The van der Waals surface area contributed by atoms with Gasteiger partial charge in [-0.2, -0.15) is 0 Å². The van der Waals surface area contributed by atoms with Crippen LogP contribution < -0.4 is 15.0 Å². The lowest BCUT2D eigenvalue weighted by Crippen LogP contribution is -2.54. The minimum Gasteiger partial charge on any atom is -0.492 e. The standard InChI is InChI=1S/C27H27N3O4/c1-6-34-24-10-8-7-9-23(24)30-26(32)22(25(31)28-27(30)33)15-20-14-18(4)29(19(20)5)21-12-16(2)11-17(3)13-21/h7-15H,6H2,1-5H3,(H,28,31,33)/b22-15+. The molecule has 0 saturated carbocycles. The number of carbonyl (C=O) groups excluding carboxylic acids is 3. The quantitative estimate of drug-likeness (QED) is 0.442. The number of nitrogens with one attached hydrogen (secondary N) is 1. The molecule has 7 nitrogen and oxygen atoms in total. The molecule has 1 aliphatic rings. The summed E-state index contributed by atoms with van der Waals surface area (Å²) in [7, 11) is 0. The van der Waals surface area contributed by atoms with Crippen molar-refractivity contribution in [3.05, 3.63) is 82.2 Å². The second-order valence-corrected chi connectivity index (χ2v) is 8.37. The monoisotopic (exact) mass is 457 g/mol. The minimum absolute atomic E-state index is 0.119. The zero-order valence-electron chi connectivity index (χ0n) is 19.9. The highest BCUT2D eigenvalue weighted by atomic mass is 16.5. The summed E-state index contributed by atoms with van der Waals surface area (Å²) in [5.74, 6) is -1.04. The van der Waals surface area contributed by atoms with Gasteiger partial charge in [-0.25, -0.2) is 9.69 Å². The number of ether oxygens (including phenoxy) is 1. The van der Waals surface area contributed by atoms with Gasteiger partial charge < -0.3 is 9.30 Å². The third-order valence-electron chi connectivity index (χ3n) is 5.74. The van der Waals surface area contributed by atoms with Gasteiger partial charge in [-0.15, -0.1) is 0 Å². The van der Waals surface area contributed by atoms with Gasteiger partial charge in [0.1, 0.15) is 11.3 Å². The zero-order chi connectivity index (χ0) is 24.6. The fourth-order valence-corrected chi connectivity index (χ4v) is 4.36. The van der Waals surface area contributed by atoms with Gasteiger partial charge in [0.15, 0.2) is 0 Å². The predicted molar refractivity (Wildman–Crippen MR) is 131 cm³/mol. The summed E-state index contributed by atoms with van der Waals surface area (Å²) >= 11 is 0. The molecule has 2 heterocycles. The Hall–Kier alpha value is -4.13. The van der Waals surface area contributed by atoms with Crippen molar-refractivity contribution >= 4 is 29.6 Å². The van der Waals surface area contributed by atoms with E-state index in [1.54, 1.807) is 30.3 Å². The topological polar surface area (TPSA) is 80.6 Å². The average Bonchev–Trinajstić information content (AvgIpc) is 3.04. The molecule has 2 aromatic carbocycles. The van der Waals surface area contributed by atoms with Gasteiger partial charge >= 0.3 is 6.03 Å². The van der Waals surface area contributed by atoms with Crippen LogP contribution in [0.4, 0.5) is 10.5 Å². The Morgan fingerprint density at radius 1 is 0.941 bits per heavy atom. The number of rotatable bonds is 5. The molecule has 174 valence electrons. The fourth-order valence-electron chi connectivity index (χ4n) is 4.36. The lowest BCUT2D eigenvalue weighted by atomic mass is 10.1. The van der Waals surface area contributed by atoms with Crippen molar-refractivity contribution in [3.63, 3.8) is 0 Å². The van der Waals surface area contributed by atoms with Crippen molar-refractivity contribution < 1.29 is 19.1 Å². The molecule has 0 radical (unpaired) electrons. The van der Waals surface area contributed by atoms with Gasteiger partial charge in [0, 0.05) is 17.1 Å². The van der Waals surface area contributed by atoms with Crippen LogP contribution in [-0.4, -0.2) is 29.0 Å². The molecular weight excluding hydrogens is 430 g/mol. The number of imide groups is 2. The van der Waals surface area contributed by atoms with Crippen LogP contribution in [0.3, 0.4) is 0 Å². The lowest BCUT2D eigenvalue weighted by molar-refractivity contribution is -0.122. The minimum atomic E-state index is -0.806. The Bertz CT molecular complexity index is 1330. The Kier molecular flexibility index (Phi) is 6.11. The number of hydrogen-bond donors (Lipinski definition) is 1. The van der Waals surface area contributed by atoms with E-state index in [1.807, 2.05) is 40.7 Å². The molecular formula is C27H27N3O4. The molecule has 1 N–H and O–H groups in total. The first-order valence-electron chi connectivity index (χ1n) is 11.1.